The van der Waals surface area contributed by atoms with Crippen molar-refractivity contribution in [2.75, 3.05) is 17.7 Å². The summed E-state index contributed by atoms with van der Waals surface area (Å²) in [6.07, 6.45) is 0. The number of nitrogen functional groups attached to an aromatic ring is 1. The summed E-state index contributed by atoms with van der Waals surface area (Å²) in [5.41, 5.74) is 6.81. The van der Waals surface area contributed by atoms with Crippen molar-refractivity contribution >= 4 is 23.3 Å². The summed E-state index contributed by atoms with van der Waals surface area (Å²) in [6.45, 7) is -0.163. The number of carbonyl (C=O) groups excluding carboxylic acids is 1. The largest absolute Gasteiger partial charge is 0.484 e. The van der Waals surface area contributed by atoms with Gasteiger partial charge < -0.3 is 20.9 Å². The Hall–Kier alpha value is -3.02. The quantitative estimate of drug-likeness (QED) is 0.729. The molecule has 0 fully saturated rings. The first-order valence-electron chi connectivity index (χ1n) is 6.16. The molecule has 108 valence electrons. The van der Waals surface area contributed by atoms with E-state index in [0.717, 1.165) is 0 Å². The van der Waals surface area contributed by atoms with Crippen LogP contribution in [0, 0.1) is 0 Å². The molecule has 1 amide bonds. The molecule has 21 heavy (non-hydrogen) atoms. The van der Waals surface area contributed by atoms with E-state index in [2.05, 4.69) is 5.32 Å². The molecule has 0 bridgehead atoms. The molecule has 0 aliphatic carbocycles. The molecule has 6 heteroatoms. The van der Waals surface area contributed by atoms with Gasteiger partial charge in [0.2, 0.25) is 0 Å². The molecule has 4 N–H and O–H groups in total. The lowest BCUT2D eigenvalue weighted by Gasteiger charge is -2.08. The molecule has 2 aromatic rings. The molecule has 6 nitrogen and oxygen atoms in total. The number of ether oxygens (including phenoxy) is 1. The molecule has 0 aliphatic rings. The van der Waals surface area contributed by atoms with Crippen molar-refractivity contribution in [3.8, 4) is 5.75 Å². The van der Waals surface area contributed by atoms with Gasteiger partial charge in [-0.3, -0.25) is 4.79 Å². The van der Waals surface area contributed by atoms with E-state index in [9.17, 15) is 9.59 Å². The first kappa shape index (κ1) is 14.4. The van der Waals surface area contributed by atoms with Crippen LogP contribution in [0.4, 0.5) is 11.4 Å². The molecule has 0 atom stereocenters. The summed E-state index contributed by atoms with van der Waals surface area (Å²) < 4.78 is 5.30. The van der Waals surface area contributed by atoms with Gasteiger partial charge in [-0.25, -0.2) is 4.79 Å². The third kappa shape index (κ3) is 4.24. The number of carboxylic acids is 1. The van der Waals surface area contributed by atoms with Crippen LogP contribution in [0.5, 0.6) is 5.75 Å². The first-order valence-corrected chi connectivity index (χ1v) is 6.16. The molecule has 2 rings (SSSR count). The lowest BCUT2D eigenvalue weighted by molar-refractivity contribution is -0.118. The number of hydrogen-bond acceptors (Lipinski definition) is 4. The van der Waals surface area contributed by atoms with E-state index in [4.69, 9.17) is 15.6 Å². The maximum absolute atomic E-state index is 11.7. The summed E-state index contributed by atoms with van der Waals surface area (Å²) in [6, 6.07) is 12.6. The molecule has 0 unspecified atom stereocenters. The van der Waals surface area contributed by atoms with Crippen molar-refractivity contribution in [1.29, 1.82) is 0 Å². The summed E-state index contributed by atoms with van der Waals surface area (Å²) >= 11 is 0. The zero-order valence-electron chi connectivity index (χ0n) is 11.1. The minimum Gasteiger partial charge on any atom is -0.484 e. The second-order valence-electron chi connectivity index (χ2n) is 4.29. The third-order valence-corrected chi connectivity index (χ3v) is 2.64. The highest BCUT2D eigenvalue weighted by atomic mass is 16.5. The van der Waals surface area contributed by atoms with Crippen molar-refractivity contribution in [3.63, 3.8) is 0 Å². The molecule has 2 aromatic carbocycles. The topological polar surface area (TPSA) is 102 Å². The fraction of sp³-hybridized carbons (Fsp3) is 0.0667. The second-order valence-corrected chi connectivity index (χ2v) is 4.29. The molecular weight excluding hydrogens is 272 g/mol. The molecule has 0 heterocycles. The Morgan fingerprint density at radius 3 is 2.48 bits per heavy atom. The molecule has 0 spiro atoms. The zero-order chi connectivity index (χ0) is 15.2. The SMILES string of the molecule is Nc1cccc(OCC(=O)Nc2ccc(C(=O)O)cc2)c1. The highest BCUT2D eigenvalue weighted by Crippen LogP contribution is 2.14. The Morgan fingerprint density at radius 2 is 1.86 bits per heavy atom. The monoisotopic (exact) mass is 286 g/mol. The van der Waals surface area contributed by atoms with Crippen LogP contribution in [-0.2, 0) is 4.79 Å². The maximum atomic E-state index is 11.7. The summed E-state index contributed by atoms with van der Waals surface area (Å²) in [5, 5.41) is 11.4. The average molecular weight is 286 g/mol. The summed E-state index contributed by atoms with van der Waals surface area (Å²) in [7, 11) is 0. The molecule has 0 aromatic heterocycles. The standard InChI is InChI=1S/C15H14N2O4/c16-11-2-1-3-13(8-11)21-9-14(18)17-12-6-4-10(5-7-12)15(19)20/h1-8H,9,16H2,(H,17,18)(H,19,20). The van der Waals surface area contributed by atoms with Gasteiger partial charge in [-0.1, -0.05) is 6.07 Å². The van der Waals surface area contributed by atoms with E-state index >= 15 is 0 Å². The molecular formula is C15H14N2O4. The van der Waals surface area contributed by atoms with E-state index in [-0.39, 0.29) is 18.1 Å². The van der Waals surface area contributed by atoms with Crippen molar-refractivity contribution in [3.05, 3.63) is 54.1 Å². The number of carbonyl (C=O) groups is 2. The number of benzene rings is 2. The van der Waals surface area contributed by atoms with Gasteiger partial charge in [0.15, 0.2) is 6.61 Å². The van der Waals surface area contributed by atoms with E-state index in [0.29, 0.717) is 17.1 Å². The van der Waals surface area contributed by atoms with Crippen molar-refractivity contribution in [2.24, 2.45) is 0 Å². The van der Waals surface area contributed by atoms with Crippen LogP contribution in [0.15, 0.2) is 48.5 Å². The van der Waals surface area contributed by atoms with Gasteiger partial charge in [-0.15, -0.1) is 0 Å². The maximum Gasteiger partial charge on any atom is 0.335 e. The Morgan fingerprint density at radius 1 is 1.14 bits per heavy atom. The van der Waals surface area contributed by atoms with Crippen LogP contribution >= 0.6 is 0 Å². The number of nitrogens with two attached hydrogens (primary N) is 1. The van der Waals surface area contributed by atoms with E-state index in [1.165, 1.54) is 24.3 Å². The van der Waals surface area contributed by atoms with Gasteiger partial charge in [0.25, 0.3) is 5.91 Å². The van der Waals surface area contributed by atoms with Crippen LogP contribution in [0.2, 0.25) is 0 Å². The molecule has 0 saturated carbocycles. The molecule has 0 saturated heterocycles. The van der Waals surface area contributed by atoms with Gasteiger partial charge in [-0.2, -0.15) is 0 Å². The number of amides is 1. The van der Waals surface area contributed by atoms with Gasteiger partial charge in [0.1, 0.15) is 5.75 Å². The lowest BCUT2D eigenvalue weighted by atomic mass is 10.2. The minimum absolute atomic E-state index is 0.156. The number of aromatic carboxylic acids is 1. The number of nitrogens with one attached hydrogen (secondary N) is 1. The van der Waals surface area contributed by atoms with Gasteiger partial charge >= 0.3 is 5.97 Å². The zero-order valence-corrected chi connectivity index (χ0v) is 11.1. The predicted octanol–water partition coefficient (Wildman–Crippen LogP) is 1.98. The molecule has 0 radical (unpaired) electrons. The Bertz CT molecular complexity index is 653. The lowest BCUT2D eigenvalue weighted by Crippen LogP contribution is -2.20. The Labute approximate surface area is 121 Å². The molecule has 0 aliphatic heterocycles. The summed E-state index contributed by atoms with van der Waals surface area (Å²) in [5.74, 6) is -0.857. The third-order valence-electron chi connectivity index (χ3n) is 2.64. The van der Waals surface area contributed by atoms with Crippen LogP contribution < -0.4 is 15.8 Å². The van der Waals surface area contributed by atoms with Crippen LogP contribution in [0.25, 0.3) is 0 Å². The van der Waals surface area contributed by atoms with Crippen molar-refractivity contribution < 1.29 is 19.4 Å². The fourth-order valence-corrected chi connectivity index (χ4v) is 1.65. The van der Waals surface area contributed by atoms with Gasteiger partial charge in [-0.05, 0) is 36.4 Å². The number of rotatable bonds is 5. The van der Waals surface area contributed by atoms with Gasteiger partial charge in [0.05, 0.1) is 5.56 Å². The highest BCUT2D eigenvalue weighted by molar-refractivity contribution is 5.93. The second kappa shape index (κ2) is 6.42. The van der Waals surface area contributed by atoms with Gasteiger partial charge in [0, 0.05) is 17.4 Å². The van der Waals surface area contributed by atoms with Crippen molar-refractivity contribution in [2.45, 2.75) is 0 Å². The Kier molecular flexibility index (Phi) is 4.40. The number of carboxylic acid groups (broad SMARTS) is 1. The minimum atomic E-state index is -1.02. The number of hydrogen-bond donors (Lipinski definition) is 3. The predicted molar refractivity (Wildman–Crippen MR) is 78.4 cm³/mol. The van der Waals surface area contributed by atoms with Crippen LogP contribution in [-0.4, -0.2) is 23.6 Å². The summed E-state index contributed by atoms with van der Waals surface area (Å²) in [4.78, 5) is 22.4. The fourth-order valence-electron chi connectivity index (χ4n) is 1.65. The van der Waals surface area contributed by atoms with Crippen molar-refractivity contribution in [1.82, 2.24) is 0 Å². The smallest absolute Gasteiger partial charge is 0.335 e. The Balaban J connectivity index is 1.88. The van der Waals surface area contributed by atoms with E-state index < -0.39 is 5.97 Å². The van der Waals surface area contributed by atoms with E-state index in [1.807, 2.05) is 0 Å². The van der Waals surface area contributed by atoms with E-state index in [1.54, 1.807) is 24.3 Å². The van der Waals surface area contributed by atoms with Crippen LogP contribution in [0.3, 0.4) is 0 Å². The average Bonchev–Trinajstić information content (AvgIpc) is 2.46. The first-order chi connectivity index (χ1) is 10.0. The van der Waals surface area contributed by atoms with Crippen LogP contribution in [0.1, 0.15) is 10.4 Å². The number of anilines is 2. The normalized spacial score (nSPS) is 9.90. The highest BCUT2D eigenvalue weighted by Gasteiger charge is 2.06.